The van der Waals surface area contributed by atoms with Crippen molar-refractivity contribution in [1.82, 2.24) is 19.5 Å². The summed E-state index contributed by atoms with van der Waals surface area (Å²) in [5.74, 6) is -0.684. The summed E-state index contributed by atoms with van der Waals surface area (Å²) in [7, 11) is 0. The topological polar surface area (TPSA) is 85.1 Å². The predicted octanol–water partition coefficient (Wildman–Crippen LogP) is 4.86. The van der Waals surface area contributed by atoms with E-state index in [1.54, 1.807) is 12.1 Å². The quantitative estimate of drug-likeness (QED) is 0.267. The SMILES string of the molecule is CC1(C)COc2nc3c(NCCc4ccc(O)c(-c5cc(F)ccc5F)c4)nc(I)nc3n21. The molecule has 170 valence electrons. The van der Waals surface area contributed by atoms with Crippen molar-refractivity contribution in [1.29, 1.82) is 0 Å². The lowest BCUT2D eigenvalue weighted by Gasteiger charge is -2.18. The number of nitrogens with zero attached hydrogens (tertiary/aromatic N) is 4. The second-order valence-electron chi connectivity index (χ2n) is 8.50. The number of rotatable bonds is 5. The average Bonchev–Trinajstić information content (AvgIpc) is 3.28. The molecule has 1 aliphatic rings. The Hall–Kier alpha value is -3.02. The lowest BCUT2D eigenvalue weighted by Crippen LogP contribution is -2.26. The summed E-state index contributed by atoms with van der Waals surface area (Å²) in [4.78, 5) is 13.6. The third-order valence-electron chi connectivity index (χ3n) is 5.59. The fourth-order valence-electron chi connectivity index (χ4n) is 3.97. The molecule has 2 aromatic heterocycles. The summed E-state index contributed by atoms with van der Waals surface area (Å²) in [5, 5.41) is 13.5. The van der Waals surface area contributed by atoms with E-state index in [1.165, 1.54) is 6.07 Å². The highest BCUT2D eigenvalue weighted by molar-refractivity contribution is 14.1. The summed E-state index contributed by atoms with van der Waals surface area (Å²) >= 11 is 2.07. The Kier molecular flexibility index (Phi) is 5.34. The highest BCUT2D eigenvalue weighted by Gasteiger charge is 2.36. The molecule has 33 heavy (non-hydrogen) atoms. The number of fused-ring (bicyclic) bond motifs is 3. The van der Waals surface area contributed by atoms with Gasteiger partial charge in [-0.2, -0.15) is 4.98 Å². The van der Waals surface area contributed by atoms with E-state index in [0.29, 0.717) is 46.4 Å². The van der Waals surface area contributed by atoms with Crippen LogP contribution in [0.2, 0.25) is 0 Å². The van der Waals surface area contributed by atoms with Gasteiger partial charge in [-0.3, -0.25) is 4.57 Å². The van der Waals surface area contributed by atoms with Crippen molar-refractivity contribution in [2.24, 2.45) is 0 Å². The minimum atomic E-state index is -0.599. The molecule has 0 aliphatic carbocycles. The van der Waals surface area contributed by atoms with Gasteiger partial charge in [0.25, 0.3) is 6.01 Å². The van der Waals surface area contributed by atoms with Crippen LogP contribution in [0, 0.1) is 15.5 Å². The summed E-state index contributed by atoms with van der Waals surface area (Å²) < 4.78 is 36.2. The molecular weight excluding hydrogens is 543 g/mol. The van der Waals surface area contributed by atoms with Crippen LogP contribution in [0.1, 0.15) is 19.4 Å². The maximum Gasteiger partial charge on any atom is 0.299 e. The van der Waals surface area contributed by atoms with Crippen LogP contribution in [0.3, 0.4) is 0 Å². The Morgan fingerprint density at radius 2 is 1.94 bits per heavy atom. The maximum absolute atomic E-state index is 14.2. The van der Waals surface area contributed by atoms with Gasteiger partial charge in [-0.1, -0.05) is 6.07 Å². The molecule has 0 spiro atoms. The number of phenols is 1. The number of phenolic OH excluding ortho intramolecular Hbond substituents is 1. The molecule has 3 heterocycles. The molecule has 0 radical (unpaired) electrons. The van der Waals surface area contributed by atoms with E-state index in [2.05, 4.69) is 56.7 Å². The van der Waals surface area contributed by atoms with Crippen molar-refractivity contribution in [3.63, 3.8) is 0 Å². The number of imidazole rings is 1. The molecule has 10 heteroatoms. The number of hydrogen-bond donors (Lipinski definition) is 2. The minimum Gasteiger partial charge on any atom is -0.507 e. The number of anilines is 1. The molecule has 4 aromatic rings. The first-order chi connectivity index (χ1) is 15.7. The highest BCUT2D eigenvalue weighted by atomic mass is 127. The Bertz CT molecular complexity index is 1390. The monoisotopic (exact) mass is 563 g/mol. The largest absolute Gasteiger partial charge is 0.507 e. The van der Waals surface area contributed by atoms with Crippen LogP contribution in [0.15, 0.2) is 36.4 Å². The molecular formula is C23H20F2IN5O2. The third-order valence-corrected chi connectivity index (χ3v) is 6.08. The Balaban J connectivity index is 1.39. The van der Waals surface area contributed by atoms with E-state index < -0.39 is 11.6 Å². The van der Waals surface area contributed by atoms with Crippen molar-refractivity contribution >= 4 is 39.6 Å². The molecule has 0 saturated carbocycles. The first-order valence-corrected chi connectivity index (χ1v) is 11.4. The Labute approximate surface area is 202 Å². The van der Waals surface area contributed by atoms with Crippen molar-refractivity contribution in [2.45, 2.75) is 25.8 Å². The number of nitrogens with one attached hydrogen (secondary N) is 1. The zero-order valence-electron chi connectivity index (χ0n) is 17.9. The Morgan fingerprint density at radius 3 is 2.76 bits per heavy atom. The van der Waals surface area contributed by atoms with E-state index in [1.807, 2.05) is 4.57 Å². The first kappa shape index (κ1) is 21.8. The summed E-state index contributed by atoms with van der Waals surface area (Å²) in [5.41, 5.74) is 2.19. The fraction of sp³-hybridized carbons (Fsp3) is 0.261. The lowest BCUT2D eigenvalue weighted by molar-refractivity contribution is 0.268. The zero-order valence-corrected chi connectivity index (χ0v) is 20.0. The number of benzene rings is 2. The number of hydrogen-bond acceptors (Lipinski definition) is 6. The van der Waals surface area contributed by atoms with Gasteiger partial charge in [0.1, 0.15) is 24.0 Å². The van der Waals surface area contributed by atoms with Gasteiger partial charge in [0.05, 0.1) is 5.54 Å². The van der Waals surface area contributed by atoms with Crippen molar-refractivity contribution in [3.8, 4) is 22.9 Å². The van der Waals surface area contributed by atoms with Gasteiger partial charge in [-0.05, 0) is 56.2 Å². The van der Waals surface area contributed by atoms with Crippen LogP contribution >= 0.6 is 22.6 Å². The maximum atomic E-state index is 14.2. The van der Waals surface area contributed by atoms with Crippen LogP contribution in [0.25, 0.3) is 22.3 Å². The highest BCUT2D eigenvalue weighted by Crippen LogP contribution is 2.36. The zero-order chi connectivity index (χ0) is 23.3. The molecule has 2 N–H and O–H groups in total. The second-order valence-corrected chi connectivity index (χ2v) is 9.46. The minimum absolute atomic E-state index is 0.0181. The third kappa shape index (κ3) is 3.96. The van der Waals surface area contributed by atoms with Crippen LogP contribution in [-0.4, -0.2) is 37.8 Å². The lowest BCUT2D eigenvalue weighted by atomic mass is 10.00. The van der Waals surface area contributed by atoms with Crippen LogP contribution in [0.4, 0.5) is 14.6 Å². The molecule has 2 aromatic carbocycles. The van der Waals surface area contributed by atoms with E-state index in [4.69, 9.17) is 4.74 Å². The van der Waals surface area contributed by atoms with Gasteiger partial charge >= 0.3 is 0 Å². The van der Waals surface area contributed by atoms with Gasteiger partial charge in [-0.25, -0.2) is 18.7 Å². The second kappa shape index (κ2) is 8.08. The number of aromatic hydroxyl groups is 1. The van der Waals surface area contributed by atoms with Gasteiger partial charge in [0.15, 0.2) is 20.8 Å². The van der Waals surface area contributed by atoms with Gasteiger partial charge in [0, 0.05) is 40.3 Å². The van der Waals surface area contributed by atoms with E-state index in [0.717, 1.165) is 23.8 Å². The van der Waals surface area contributed by atoms with E-state index >= 15 is 0 Å². The Morgan fingerprint density at radius 1 is 1.12 bits per heavy atom. The van der Waals surface area contributed by atoms with E-state index in [9.17, 15) is 13.9 Å². The first-order valence-electron chi connectivity index (χ1n) is 10.3. The fourth-order valence-corrected chi connectivity index (χ4v) is 4.44. The normalized spacial score (nSPS) is 14.3. The van der Waals surface area contributed by atoms with Gasteiger partial charge in [-0.15, -0.1) is 0 Å². The molecule has 7 nitrogen and oxygen atoms in total. The summed E-state index contributed by atoms with van der Waals surface area (Å²) in [6, 6.07) is 8.59. The van der Waals surface area contributed by atoms with Crippen molar-refractivity contribution < 1.29 is 18.6 Å². The van der Waals surface area contributed by atoms with Crippen molar-refractivity contribution in [2.75, 3.05) is 18.5 Å². The molecule has 0 amide bonds. The van der Waals surface area contributed by atoms with Crippen LogP contribution in [0.5, 0.6) is 11.8 Å². The molecule has 0 atom stereocenters. The standard InChI is InChI=1S/C23H20F2IN5O2/c1-23(2)11-33-22-28-18-19(29-21(26)30-20(18)31(22)23)27-8-7-12-3-6-17(32)15(9-12)14-10-13(24)4-5-16(14)25/h3-6,9-10,32H,7-8,11H2,1-2H3,(H,27,29,30). The molecule has 0 saturated heterocycles. The number of ether oxygens (including phenoxy) is 1. The summed E-state index contributed by atoms with van der Waals surface area (Å²) in [6.45, 7) is 5.17. The van der Waals surface area contributed by atoms with Crippen LogP contribution in [-0.2, 0) is 12.0 Å². The average molecular weight is 563 g/mol. The van der Waals surface area contributed by atoms with Crippen LogP contribution < -0.4 is 10.1 Å². The summed E-state index contributed by atoms with van der Waals surface area (Å²) in [6.07, 6.45) is 0.557. The van der Waals surface area contributed by atoms with Gasteiger partial charge < -0.3 is 15.2 Å². The molecule has 0 unspecified atom stereocenters. The number of aromatic nitrogens is 4. The van der Waals surface area contributed by atoms with E-state index in [-0.39, 0.29) is 22.4 Å². The molecule has 0 bridgehead atoms. The molecule has 0 fully saturated rings. The molecule has 5 rings (SSSR count). The predicted molar refractivity (Wildman–Crippen MR) is 129 cm³/mol. The number of halogens is 3. The van der Waals surface area contributed by atoms with Gasteiger partial charge in [0.2, 0.25) is 0 Å². The van der Waals surface area contributed by atoms with Crippen molar-refractivity contribution in [3.05, 3.63) is 57.4 Å². The molecule has 1 aliphatic heterocycles. The smallest absolute Gasteiger partial charge is 0.299 e.